The monoisotopic (exact) mass is 398 g/mol. The minimum atomic E-state index is 0.278. The normalized spacial score (nSPS) is 24.0. The number of hydrogen-bond donors (Lipinski definition) is 0. The highest BCUT2D eigenvalue weighted by molar-refractivity contribution is 5.33. The van der Waals surface area contributed by atoms with Gasteiger partial charge in [0, 0.05) is 32.2 Å². The summed E-state index contributed by atoms with van der Waals surface area (Å²) in [5.41, 5.74) is 0.278. The van der Waals surface area contributed by atoms with Crippen LogP contribution in [0.2, 0.25) is 0 Å². The third kappa shape index (κ3) is 5.87. The lowest BCUT2D eigenvalue weighted by Gasteiger charge is -2.37. The van der Waals surface area contributed by atoms with Gasteiger partial charge in [-0.15, -0.1) is 0 Å². The molecule has 0 bridgehead atoms. The first-order valence-electron chi connectivity index (χ1n) is 11.6. The molecule has 0 aromatic carbocycles. The second-order valence-electron chi connectivity index (χ2n) is 9.16. The molecule has 160 valence electrons. The molecule has 29 heavy (non-hydrogen) atoms. The molecule has 3 aliphatic heterocycles. The Hall–Kier alpha value is -1.76. The molecule has 3 rings (SSSR count). The van der Waals surface area contributed by atoms with Crippen molar-refractivity contribution in [3.05, 3.63) is 22.9 Å². The van der Waals surface area contributed by atoms with Gasteiger partial charge in [-0.1, -0.05) is 6.42 Å². The molecule has 0 amide bonds. The second-order valence-corrected chi connectivity index (χ2v) is 9.16. The molecule has 6 heteroatoms. The number of hydrogen-bond acceptors (Lipinski definition) is 5. The molecule has 0 radical (unpaired) electrons. The van der Waals surface area contributed by atoms with Gasteiger partial charge >= 0.3 is 5.70 Å². The third-order valence-electron chi connectivity index (χ3n) is 6.88. The van der Waals surface area contributed by atoms with E-state index in [1.54, 1.807) is 0 Å². The molecule has 0 aromatic rings. The fourth-order valence-corrected chi connectivity index (χ4v) is 5.10. The van der Waals surface area contributed by atoms with Crippen molar-refractivity contribution in [3.8, 4) is 6.07 Å². The molecule has 3 fully saturated rings. The quantitative estimate of drug-likeness (QED) is 0.487. The number of allylic oxidation sites excluding steroid dienone is 1. The van der Waals surface area contributed by atoms with Crippen molar-refractivity contribution in [2.45, 2.75) is 58.4 Å². The molecule has 0 saturated carbocycles. The van der Waals surface area contributed by atoms with E-state index in [1.165, 1.54) is 58.3 Å². The van der Waals surface area contributed by atoms with Gasteiger partial charge in [-0.2, -0.15) is 0 Å². The SMILES string of the molecule is [C-]#[N+]C(C#N)=C1N(CCCN2CCCCC2)CCN1CC1CCN(C(C)C)CC1. The highest BCUT2D eigenvalue weighted by atomic mass is 15.4. The van der Waals surface area contributed by atoms with E-state index in [0.29, 0.717) is 12.0 Å². The largest absolute Gasteiger partial charge is 0.365 e. The van der Waals surface area contributed by atoms with Gasteiger partial charge < -0.3 is 19.6 Å². The lowest BCUT2D eigenvalue weighted by atomic mass is 9.95. The summed E-state index contributed by atoms with van der Waals surface area (Å²) in [4.78, 5) is 13.4. The summed E-state index contributed by atoms with van der Waals surface area (Å²) in [5, 5.41) is 9.56. The summed E-state index contributed by atoms with van der Waals surface area (Å²) in [5.74, 6) is 1.58. The van der Waals surface area contributed by atoms with E-state index in [-0.39, 0.29) is 5.70 Å². The molecule has 3 aliphatic rings. The van der Waals surface area contributed by atoms with Crippen LogP contribution in [-0.2, 0) is 0 Å². The molecular formula is C23H38N6. The van der Waals surface area contributed by atoms with Crippen LogP contribution in [0.15, 0.2) is 11.5 Å². The van der Waals surface area contributed by atoms with Gasteiger partial charge in [0.25, 0.3) is 0 Å². The summed E-state index contributed by atoms with van der Waals surface area (Å²) in [7, 11) is 0. The highest BCUT2D eigenvalue weighted by Crippen LogP contribution is 2.28. The lowest BCUT2D eigenvalue weighted by molar-refractivity contribution is 0.132. The maximum Gasteiger partial charge on any atom is 0.300 e. The predicted octanol–water partition coefficient (Wildman–Crippen LogP) is 3.21. The van der Waals surface area contributed by atoms with Crippen molar-refractivity contribution in [2.75, 3.05) is 58.9 Å². The fraction of sp³-hybridized carbons (Fsp3) is 0.826. The molecular weight excluding hydrogens is 360 g/mol. The molecule has 3 heterocycles. The van der Waals surface area contributed by atoms with Crippen molar-refractivity contribution in [3.63, 3.8) is 0 Å². The summed E-state index contributed by atoms with van der Waals surface area (Å²) in [6.07, 6.45) is 7.58. The van der Waals surface area contributed by atoms with E-state index in [9.17, 15) is 5.26 Å². The van der Waals surface area contributed by atoms with Crippen LogP contribution < -0.4 is 0 Å². The molecule has 0 spiro atoms. The standard InChI is InChI=1S/C23H38N6/c1-20(2)27-14-8-21(9-15-27)19-29-17-16-28(23(29)22(18-24)25-3)13-7-12-26-10-5-4-6-11-26/h20-21H,4-17,19H2,1-2H3. The second kappa shape index (κ2) is 10.9. The van der Waals surface area contributed by atoms with Gasteiger partial charge in [-0.25, -0.2) is 10.1 Å². The van der Waals surface area contributed by atoms with Crippen LogP contribution in [0.1, 0.15) is 52.4 Å². The Morgan fingerprint density at radius 2 is 1.72 bits per heavy atom. The zero-order chi connectivity index (χ0) is 20.6. The van der Waals surface area contributed by atoms with E-state index < -0.39 is 0 Å². The molecule has 0 unspecified atom stereocenters. The van der Waals surface area contributed by atoms with Crippen molar-refractivity contribution in [1.82, 2.24) is 19.6 Å². The van der Waals surface area contributed by atoms with E-state index in [0.717, 1.165) is 45.0 Å². The van der Waals surface area contributed by atoms with Crippen molar-refractivity contribution >= 4 is 0 Å². The summed E-state index contributed by atoms with van der Waals surface area (Å²) >= 11 is 0. The van der Waals surface area contributed by atoms with Gasteiger partial charge in [0.05, 0.1) is 12.6 Å². The molecule has 0 aliphatic carbocycles. The van der Waals surface area contributed by atoms with Crippen LogP contribution in [0.4, 0.5) is 0 Å². The Balaban J connectivity index is 1.56. The molecule has 0 N–H and O–H groups in total. The van der Waals surface area contributed by atoms with Crippen LogP contribution in [0.3, 0.4) is 0 Å². The molecule has 6 nitrogen and oxygen atoms in total. The van der Waals surface area contributed by atoms with Crippen molar-refractivity contribution in [1.29, 1.82) is 5.26 Å². The predicted molar refractivity (Wildman–Crippen MR) is 117 cm³/mol. The van der Waals surface area contributed by atoms with Gasteiger partial charge in [0.1, 0.15) is 5.82 Å². The lowest BCUT2D eigenvalue weighted by Crippen LogP contribution is -2.41. The van der Waals surface area contributed by atoms with Gasteiger partial charge in [0.2, 0.25) is 0 Å². The van der Waals surface area contributed by atoms with Crippen LogP contribution >= 0.6 is 0 Å². The van der Waals surface area contributed by atoms with Gasteiger partial charge in [-0.3, -0.25) is 0 Å². The Morgan fingerprint density at radius 3 is 2.34 bits per heavy atom. The molecule has 3 saturated heterocycles. The van der Waals surface area contributed by atoms with Crippen LogP contribution in [0.25, 0.3) is 4.85 Å². The third-order valence-corrected chi connectivity index (χ3v) is 6.88. The average Bonchev–Trinajstić information content (AvgIpc) is 3.12. The smallest absolute Gasteiger partial charge is 0.300 e. The Bertz CT molecular complexity index is 613. The van der Waals surface area contributed by atoms with E-state index in [1.807, 2.05) is 0 Å². The first-order chi connectivity index (χ1) is 14.1. The van der Waals surface area contributed by atoms with Crippen LogP contribution in [0, 0.1) is 23.8 Å². The minimum Gasteiger partial charge on any atom is -0.365 e. The molecule has 0 atom stereocenters. The zero-order valence-electron chi connectivity index (χ0n) is 18.4. The first kappa shape index (κ1) is 21.9. The van der Waals surface area contributed by atoms with E-state index >= 15 is 0 Å². The van der Waals surface area contributed by atoms with E-state index in [4.69, 9.17) is 6.57 Å². The molecule has 0 aromatic heterocycles. The number of piperidine rings is 2. The van der Waals surface area contributed by atoms with Crippen LogP contribution in [0.5, 0.6) is 0 Å². The maximum absolute atomic E-state index is 9.56. The minimum absolute atomic E-state index is 0.278. The van der Waals surface area contributed by atoms with Crippen molar-refractivity contribution in [2.24, 2.45) is 5.92 Å². The summed E-state index contributed by atoms with van der Waals surface area (Å²) < 4.78 is 0. The topological polar surface area (TPSA) is 41.1 Å². The number of nitrogens with zero attached hydrogens (tertiary/aromatic N) is 6. The number of nitriles is 1. The summed E-state index contributed by atoms with van der Waals surface area (Å²) in [6.45, 7) is 21.8. The Labute approximate surface area is 177 Å². The maximum atomic E-state index is 9.56. The number of likely N-dealkylation sites (tertiary alicyclic amines) is 2. The zero-order valence-corrected chi connectivity index (χ0v) is 18.4. The Kier molecular flexibility index (Phi) is 8.21. The Morgan fingerprint density at radius 1 is 1.03 bits per heavy atom. The van der Waals surface area contributed by atoms with E-state index in [2.05, 4.69) is 44.4 Å². The summed E-state index contributed by atoms with van der Waals surface area (Å²) in [6, 6.07) is 2.80. The van der Waals surface area contributed by atoms with Gasteiger partial charge in [-0.05, 0) is 84.6 Å². The fourth-order valence-electron chi connectivity index (χ4n) is 5.10. The van der Waals surface area contributed by atoms with Crippen molar-refractivity contribution < 1.29 is 0 Å². The average molecular weight is 399 g/mol. The van der Waals surface area contributed by atoms with Crippen LogP contribution in [-0.4, -0.2) is 84.5 Å². The number of rotatable bonds is 7. The first-order valence-corrected chi connectivity index (χ1v) is 11.6. The highest BCUT2D eigenvalue weighted by Gasteiger charge is 2.31. The van der Waals surface area contributed by atoms with Gasteiger partial charge in [0.15, 0.2) is 0 Å².